The molecule has 2 heterocycles. The maximum absolute atomic E-state index is 11.6. The number of nitrogens with one attached hydrogen (secondary N) is 1. The summed E-state index contributed by atoms with van der Waals surface area (Å²) in [6.07, 6.45) is 8.17. The second-order valence-corrected chi connectivity index (χ2v) is 6.69. The monoisotopic (exact) mass is 292 g/mol. The summed E-state index contributed by atoms with van der Waals surface area (Å²) in [4.78, 5) is 16.4. The van der Waals surface area contributed by atoms with Crippen LogP contribution in [0.25, 0.3) is 4.96 Å². The van der Waals surface area contributed by atoms with Crippen LogP contribution in [0.15, 0.2) is 17.1 Å². The first-order chi connectivity index (χ1) is 9.72. The van der Waals surface area contributed by atoms with Gasteiger partial charge in [0.2, 0.25) is 10.1 Å². The van der Waals surface area contributed by atoms with Crippen LogP contribution in [0.1, 0.15) is 39.0 Å². The molecule has 0 spiro atoms. The van der Waals surface area contributed by atoms with E-state index in [4.69, 9.17) is 0 Å². The van der Waals surface area contributed by atoms with Crippen LogP contribution in [-0.4, -0.2) is 21.1 Å². The van der Waals surface area contributed by atoms with Gasteiger partial charge in [-0.1, -0.05) is 37.5 Å². The highest BCUT2D eigenvalue weighted by Crippen LogP contribution is 2.30. The summed E-state index contributed by atoms with van der Waals surface area (Å²) in [6, 6.07) is 1.43. The number of nitrogens with zero attached hydrogens (tertiary/aromatic N) is 3. The first-order valence-electron chi connectivity index (χ1n) is 7.31. The summed E-state index contributed by atoms with van der Waals surface area (Å²) in [5.41, 5.74) is -0.125. The van der Waals surface area contributed by atoms with E-state index in [1.165, 1.54) is 60.2 Å². The van der Waals surface area contributed by atoms with E-state index in [2.05, 4.69) is 22.3 Å². The van der Waals surface area contributed by atoms with E-state index >= 15 is 0 Å². The molecule has 2 aromatic heterocycles. The van der Waals surface area contributed by atoms with Crippen molar-refractivity contribution in [2.45, 2.75) is 39.0 Å². The zero-order valence-corrected chi connectivity index (χ0v) is 12.5. The molecule has 0 aromatic carbocycles. The Balaban J connectivity index is 1.57. The summed E-state index contributed by atoms with van der Waals surface area (Å²) >= 11 is 1.43. The highest BCUT2D eigenvalue weighted by molar-refractivity contribution is 7.20. The Bertz CT molecular complexity index is 635. The van der Waals surface area contributed by atoms with Gasteiger partial charge in [0.05, 0.1) is 0 Å². The van der Waals surface area contributed by atoms with Crippen LogP contribution in [-0.2, 0) is 0 Å². The molecule has 108 valence electrons. The van der Waals surface area contributed by atoms with Crippen molar-refractivity contribution in [3.8, 4) is 0 Å². The van der Waals surface area contributed by atoms with E-state index in [0.29, 0.717) is 4.96 Å². The lowest BCUT2D eigenvalue weighted by atomic mass is 9.81. The zero-order chi connectivity index (χ0) is 13.9. The Morgan fingerprint density at radius 2 is 2.40 bits per heavy atom. The fourth-order valence-corrected chi connectivity index (χ4v) is 3.82. The molecule has 5 nitrogen and oxygen atoms in total. The molecule has 20 heavy (non-hydrogen) atoms. The fraction of sp³-hybridized carbons (Fsp3) is 0.643. The van der Waals surface area contributed by atoms with Crippen LogP contribution >= 0.6 is 11.3 Å². The maximum atomic E-state index is 11.6. The molecule has 0 amide bonds. The summed E-state index contributed by atoms with van der Waals surface area (Å²) in [5.74, 6) is 1.71. The van der Waals surface area contributed by atoms with Crippen molar-refractivity contribution in [3.63, 3.8) is 0 Å². The molecule has 0 radical (unpaired) electrons. The summed E-state index contributed by atoms with van der Waals surface area (Å²) < 4.78 is 1.36. The van der Waals surface area contributed by atoms with Crippen LogP contribution in [0.5, 0.6) is 0 Å². The molecule has 1 saturated carbocycles. The normalized spacial score (nSPS) is 23.1. The predicted molar refractivity (Wildman–Crippen MR) is 81.4 cm³/mol. The summed E-state index contributed by atoms with van der Waals surface area (Å²) in [5, 5.41) is 8.37. The molecule has 0 bridgehead atoms. The van der Waals surface area contributed by atoms with Crippen molar-refractivity contribution in [2.24, 2.45) is 11.8 Å². The Labute approximate surface area is 122 Å². The van der Waals surface area contributed by atoms with Gasteiger partial charge in [0.25, 0.3) is 5.56 Å². The van der Waals surface area contributed by atoms with Crippen LogP contribution < -0.4 is 10.9 Å². The molecule has 1 fully saturated rings. The molecule has 1 aliphatic carbocycles. The molecule has 0 aliphatic heterocycles. The number of fused-ring (bicyclic) bond motifs is 1. The SMILES string of the molecule is CC1CCCC(CCNc2nn3c(=O)ccnc3s2)C1. The molecule has 2 aromatic rings. The first-order valence-corrected chi connectivity index (χ1v) is 8.13. The molecule has 1 aliphatic rings. The van der Waals surface area contributed by atoms with Gasteiger partial charge in [-0.15, -0.1) is 5.10 Å². The molecule has 6 heteroatoms. The van der Waals surface area contributed by atoms with E-state index in [9.17, 15) is 4.79 Å². The lowest BCUT2D eigenvalue weighted by molar-refractivity contribution is 0.274. The van der Waals surface area contributed by atoms with E-state index in [0.717, 1.165) is 23.5 Å². The quantitative estimate of drug-likeness (QED) is 0.941. The topological polar surface area (TPSA) is 59.3 Å². The number of hydrogen-bond acceptors (Lipinski definition) is 5. The van der Waals surface area contributed by atoms with Gasteiger partial charge in [0.1, 0.15) is 0 Å². The minimum Gasteiger partial charge on any atom is -0.360 e. The predicted octanol–water partition coefficient (Wildman–Crippen LogP) is 2.78. The molecular formula is C14H20N4OS. The van der Waals surface area contributed by atoms with Gasteiger partial charge >= 0.3 is 0 Å². The second kappa shape index (κ2) is 5.91. The fourth-order valence-electron chi connectivity index (χ4n) is 3.02. The van der Waals surface area contributed by atoms with Gasteiger partial charge in [0.15, 0.2) is 0 Å². The molecule has 2 unspecified atom stereocenters. The summed E-state index contributed by atoms with van der Waals surface area (Å²) in [6.45, 7) is 3.27. The molecule has 0 saturated heterocycles. The zero-order valence-electron chi connectivity index (χ0n) is 11.7. The van der Waals surface area contributed by atoms with Crippen LogP contribution in [0.3, 0.4) is 0 Å². The second-order valence-electron chi connectivity index (χ2n) is 5.74. The largest absolute Gasteiger partial charge is 0.360 e. The van der Waals surface area contributed by atoms with Gasteiger partial charge in [-0.2, -0.15) is 4.52 Å². The molecule has 1 N–H and O–H groups in total. The van der Waals surface area contributed by atoms with Crippen LogP contribution in [0.2, 0.25) is 0 Å². The van der Waals surface area contributed by atoms with Crippen molar-refractivity contribution in [1.29, 1.82) is 0 Å². The van der Waals surface area contributed by atoms with E-state index < -0.39 is 0 Å². The number of hydrogen-bond donors (Lipinski definition) is 1. The lowest BCUT2D eigenvalue weighted by Gasteiger charge is -2.26. The number of rotatable bonds is 4. The van der Waals surface area contributed by atoms with Crippen molar-refractivity contribution in [2.75, 3.05) is 11.9 Å². The van der Waals surface area contributed by atoms with Crippen LogP contribution in [0.4, 0.5) is 5.13 Å². The first kappa shape index (κ1) is 13.5. The molecular weight excluding hydrogens is 272 g/mol. The highest BCUT2D eigenvalue weighted by Gasteiger charge is 2.18. The molecule has 3 rings (SSSR count). The Kier molecular flexibility index (Phi) is 4.00. The van der Waals surface area contributed by atoms with Crippen molar-refractivity contribution in [3.05, 3.63) is 22.6 Å². The van der Waals surface area contributed by atoms with Gasteiger partial charge in [-0.05, 0) is 24.7 Å². The van der Waals surface area contributed by atoms with Gasteiger partial charge in [-0.3, -0.25) is 4.79 Å². The Morgan fingerprint density at radius 1 is 1.50 bits per heavy atom. The smallest absolute Gasteiger partial charge is 0.275 e. The Morgan fingerprint density at radius 3 is 3.20 bits per heavy atom. The maximum Gasteiger partial charge on any atom is 0.275 e. The minimum atomic E-state index is -0.125. The van der Waals surface area contributed by atoms with Gasteiger partial charge in [-0.25, -0.2) is 4.98 Å². The van der Waals surface area contributed by atoms with Crippen molar-refractivity contribution < 1.29 is 0 Å². The lowest BCUT2D eigenvalue weighted by Crippen LogP contribution is -2.17. The molecule has 2 atom stereocenters. The number of aromatic nitrogens is 3. The Hall–Kier alpha value is -1.43. The van der Waals surface area contributed by atoms with Crippen LogP contribution in [0, 0.1) is 11.8 Å². The van der Waals surface area contributed by atoms with Crippen molar-refractivity contribution in [1.82, 2.24) is 14.6 Å². The standard InChI is InChI=1S/C14H20N4OS/c1-10-3-2-4-11(9-10)5-7-15-13-17-18-12(19)6-8-16-14(18)20-13/h6,8,10-11H,2-5,7,9H2,1H3,(H,15,17). The van der Waals surface area contributed by atoms with Crippen molar-refractivity contribution >= 4 is 21.4 Å². The highest BCUT2D eigenvalue weighted by atomic mass is 32.1. The van der Waals surface area contributed by atoms with E-state index in [1.54, 1.807) is 0 Å². The van der Waals surface area contributed by atoms with Gasteiger partial charge < -0.3 is 5.32 Å². The minimum absolute atomic E-state index is 0.125. The van der Waals surface area contributed by atoms with Gasteiger partial charge in [0, 0.05) is 18.8 Å². The summed E-state index contributed by atoms with van der Waals surface area (Å²) in [7, 11) is 0. The third-order valence-corrected chi connectivity index (χ3v) is 4.92. The number of anilines is 1. The average Bonchev–Trinajstić information content (AvgIpc) is 2.83. The third kappa shape index (κ3) is 3.00. The average molecular weight is 292 g/mol. The van der Waals surface area contributed by atoms with E-state index in [1.807, 2.05) is 0 Å². The third-order valence-electron chi connectivity index (χ3n) is 4.04. The van der Waals surface area contributed by atoms with E-state index in [-0.39, 0.29) is 5.56 Å².